The average Bonchev–Trinajstić information content (AvgIpc) is 2.74. The molecule has 0 saturated heterocycles. The standard InChI is InChI=1S/C9H7N5S/c10-4-6-1-2-8(7(11)3-6)15-9-12-5-13-14-9/h1-3,5H,11H2,(H,12,13,14). The summed E-state index contributed by atoms with van der Waals surface area (Å²) in [4.78, 5) is 4.82. The zero-order chi connectivity index (χ0) is 10.7. The fourth-order valence-corrected chi connectivity index (χ4v) is 1.78. The Labute approximate surface area is 90.3 Å². The summed E-state index contributed by atoms with van der Waals surface area (Å²) in [5, 5.41) is 15.8. The zero-order valence-corrected chi connectivity index (χ0v) is 8.45. The first-order valence-corrected chi connectivity index (χ1v) is 4.94. The van der Waals surface area contributed by atoms with E-state index in [1.165, 1.54) is 18.1 Å². The lowest BCUT2D eigenvalue weighted by Crippen LogP contribution is -1.90. The molecule has 0 amide bonds. The molecule has 0 unspecified atom stereocenters. The molecule has 0 radical (unpaired) electrons. The molecule has 0 aliphatic heterocycles. The SMILES string of the molecule is N#Cc1ccc(Sc2ncn[nH]2)c(N)c1. The van der Waals surface area contributed by atoms with Gasteiger partial charge in [0.1, 0.15) is 6.33 Å². The Morgan fingerprint density at radius 1 is 1.47 bits per heavy atom. The molecule has 2 rings (SSSR count). The first-order valence-electron chi connectivity index (χ1n) is 4.12. The van der Waals surface area contributed by atoms with Crippen LogP contribution in [0.4, 0.5) is 5.69 Å². The third kappa shape index (κ3) is 2.08. The number of H-pyrrole nitrogens is 1. The smallest absolute Gasteiger partial charge is 0.188 e. The summed E-state index contributed by atoms with van der Waals surface area (Å²) in [6.45, 7) is 0. The zero-order valence-electron chi connectivity index (χ0n) is 7.64. The highest BCUT2D eigenvalue weighted by molar-refractivity contribution is 7.99. The van der Waals surface area contributed by atoms with Gasteiger partial charge in [-0.05, 0) is 30.0 Å². The molecule has 0 spiro atoms. The minimum Gasteiger partial charge on any atom is -0.398 e. The third-order valence-electron chi connectivity index (χ3n) is 1.74. The molecule has 1 heterocycles. The number of hydrogen-bond acceptors (Lipinski definition) is 5. The summed E-state index contributed by atoms with van der Waals surface area (Å²) in [7, 11) is 0. The lowest BCUT2D eigenvalue weighted by Gasteiger charge is -2.02. The molecule has 0 fully saturated rings. The van der Waals surface area contributed by atoms with Gasteiger partial charge in [0.25, 0.3) is 0 Å². The van der Waals surface area contributed by atoms with E-state index in [-0.39, 0.29) is 0 Å². The molecule has 2 aromatic rings. The average molecular weight is 217 g/mol. The predicted octanol–water partition coefficient (Wildman–Crippen LogP) is 1.41. The van der Waals surface area contributed by atoms with E-state index < -0.39 is 0 Å². The first kappa shape index (κ1) is 9.55. The lowest BCUT2D eigenvalue weighted by molar-refractivity contribution is 0.973. The Morgan fingerprint density at radius 3 is 2.93 bits per heavy atom. The highest BCUT2D eigenvalue weighted by atomic mass is 32.2. The van der Waals surface area contributed by atoms with Crippen LogP contribution >= 0.6 is 11.8 Å². The molecule has 0 aliphatic carbocycles. The molecule has 0 bridgehead atoms. The van der Waals surface area contributed by atoms with Crippen LogP contribution in [0.15, 0.2) is 34.6 Å². The monoisotopic (exact) mass is 217 g/mol. The van der Waals surface area contributed by atoms with Crippen molar-refractivity contribution in [2.45, 2.75) is 10.1 Å². The van der Waals surface area contributed by atoms with Crippen LogP contribution in [0.2, 0.25) is 0 Å². The van der Waals surface area contributed by atoms with Gasteiger partial charge in [-0.1, -0.05) is 0 Å². The molecule has 3 N–H and O–H groups in total. The first-order chi connectivity index (χ1) is 7.29. The van der Waals surface area contributed by atoms with Gasteiger partial charge >= 0.3 is 0 Å². The van der Waals surface area contributed by atoms with Crippen molar-refractivity contribution < 1.29 is 0 Å². The Hall–Kier alpha value is -2.00. The van der Waals surface area contributed by atoms with Crippen molar-refractivity contribution in [2.24, 2.45) is 0 Å². The van der Waals surface area contributed by atoms with Gasteiger partial charge in [-0.25, -0.2) is 4.98 Å². The number of benzene rings is 1. The molecule has 15 heavy (non-hydrogen) atoms. The predicted molar refractivity (Wildman–Crippen MR) is 56.1 cm³/mol. The van der Waals surface area contributed by atoms with E-state index in [0.29, 0.717) is 16.4 Å². The van der Waals surface area contributed by atoms with Crippen LogP contribution in [-0.2, 0) is 0 Å². The Balaban J connectivity index is 2.27. The molecule has 0 saturated carbocycles. The molecular weight excluding hydrogens is 210 g/mol. The number of hydrogen-bond donors (Lipinski definition) is 2. The van der Waals surface area contributed by atoms with Crippen molar-refractivity contribution in [1.29, 1.82) is 5.26 Å². The molecule has 0 aliphatic rings. The van der Waals surface area contributed by atoms with E-state index in [1.54, 1.807) is 18.2 Å². The van der Waals surface area contributed by atoms with Gasteiger partial charge < -0.3 is 5.73 Å². The topological polar surface area (TPSA) is 91.4 Å². The summed E-state index contributed by atoms with van der Waals surface area (Å²) in [6, 6.07) is 7.18. The number of aromatic nitrogens is 3. The number of aromatic amines is 1. The third-order valence-corrected chi connectivity index (χ3v) is 2.72. The number of rotatable bonds is 2. The van der Waals surface area contributed by atoms with Crippen molar-refractivity contribution in [3.05, 3.63) is 30.1 Å². The summed E-state index contributed by atoms with van der Waals surface area (Å²) >= 11 is 1.38. The minimum absolute atomic E-state index is 0.550. The number of nitrogen functional groups attached to an aromatic ring is 1. The Kier molecular flexibility index (Phi) is 2.56. The number of anilines is 1. The largest absolute Gasteiger partial charge is 0.398 e. The van der Waals surface area contributed by atoms with Crippen LogP contribution in [0.3, 0.4) is 0 Å². The Bertz CT molecular complexity index is 500. The van der Waals surface area contributed by atoms with Gasteiger partial charge in [-0.2, -0.15) is 10.4 Å². The van der Waals surface area contributed by atoms with Gasteiger partial charge in [0.2, 0.25) is 0 Å². The molecule has 6 heteroatoms. The molecule has 74 valence electrons. The number of nitrogens with two attached hydrogens (primary N) is 1. The van der Waals surface area contributed by atoms with Crippen LogP contribution in [0, 0.1) is 11.3 Å². The highest BCUT2D eigenvalue weighted by Gasteiger charge is 2.04. The highest BCUT2D eigenvalue weighted by Crippen LogP contribution is 2.29. The maximum absolute atomic E-state index is 8.67. The van der Waals surface area contributed by atoms with Crippen molar-refractivity contribution >= 4 is 17.4 Å². The molecular formula is C9H7N5S. The van der Waals surface area contributed by atoms with Crippen LogP contribution in [-0.4, -0.2) is 15.2 Å². The van der Waals surface area contributed by atoms with Gasteiger partial charge in [0.05, 0.1) is 11.6 Å². The van der Waals surface area contributed by atoms with Crippen LogP contribution < -0.4 is 5.73 Å². The lowest BCUT2D eigenvalue weighted by atomic mass is 10.2. The van der Waals surface area contributed by atoms with E-state index >= 15 is 0 Å². The van der Waals surface area contributed by atoms with Gasteiger partial charge in [-0.3, -0.25) is 5.10 Å². The summed E-state index contributed by atoms with van der Waals surface area (Å²) < 4.78 is 0. The van der Waals surface area contributed by atoms with Crippen molar-refractivity contribution in [2.75, 3.05) is 5.73 Å². The van der Waals surface area contributed by atoms with E-state index in [2.05, 4.69) is 15.2 Å². The Morgan fingerprint density at radius 2 is 2.33 bits per heavy atom. The van der Waals surface area contributed by atoms with E-state index in [0.717, 1.165) is 4.90 Å². The van der Waals surface area contributed by atoms with Crippen LogP contribution in [0.1, 0.15) is 5.56 Å². The summed E-state index contributed by atoms with van der Waals surface area (Å²) in [5.74, 6) is 0. The quantitative estimate of drug-likeness (QED) is 0.742. The summed E-state index contributed by atoms with van der Waals surface area (Å²) in [6.07, 6.45) is 1.43. The number of nitrogens with one attached hydrogen (secondary N) is 1. The summed E-state index contributed by atoms with van der Waals surface area (Å²) in [5.41, 5.74) is 6.90. The van der Waals surface area contributed by atoms with Gasteiger partial charge in [-0.15, -0.1) is 0 Å². The molecule has 5 nitrogen and oxygen atoms in total. The van der Waals surface area contributed by atoms with Crippen molar-refractivity contribution in [3.8, 4) is 6.07 Å². The minimum atomic E-state index is 0.550. The van der Waals surface area contributed by atoms with Crippen LogP contribution in [0.25, 0.3) is 0 Å². The maximum atomic E-state index is 8.67. The van der Waals surface area contributed by atoms with Crippen molar-refractivity contribution in [1.82, 2.24) is 15.2 Å². The fourth-order valence-electron chi connectivity index (χ4n) is 1.06. The van der Waals surface area contributed by atoms with Gasteiger partial charge in [0, 0.05) is 10.6 Å². The fraction of sp³-hybridized carbons (Fsp3) is 0. The molecule has 1 aromatic heterocycles. The van der Waals surface area contributed by atoms with E-state index in [1.807, 2.05) is 6.07 Å². The number of nitrogens with zero attached hydrogens (tertiary/aromatic N) is 3. The van der Waals surface area contributed by atoms with E-state index in [9.17, 15) is 0 Å². The maximum Gasteiger partial charge on any atom is 0.188 e. The number of nitriles is 1. The second kappa shape index (κ2) is 4.02. The van der Waals surface area contributed by atoms with Gasteiger partial charge in [0.15, 0.2) is 5.16 Å². The second-order valence-electron chi connectivity index (χ2n) is 2.76. The van der Waals surface area contributed by atoms with Crippen molar-refractivity contribution in [3.63, 3.8) is 0 Å². The normalized spacial score (nSPS) is 9.80. The van der Waals surface area contributed by atoms with E-state index in [4.69, 9.17) is 11.0 Å². The molecule has 0 atom stereocenters. The second-order valence-corrected chi connectivity index (χ2v) is 3.79. The van der Waals surface area contributed by atoms with Crippen LogP contribution in [0.5, 0.6) is 0 Å². The molecule has 1 aromatic carbocycles.